The van der Waals surface area contributed by atoms with Crippen molar-refractivity contribution in [2.24, 2.45) is 5.41 Å². The molecule has 2 heterocycles. The Morgan fingerprint density at radius 2 is 1.59 bits per heavy atom. The van der Waals surface area contributed by atoms with Gasteiger partial charge in [-0.2, -0.15) is 0 Å². The van der Waals surface area contributed by atoms with Crippen molar-refractivity contribution in [2.75, 3.05) is 24.6 Å². The van der Waals surface area contributed by atoms with E-state index < -0.39 is 0 Å². The number of hydrogen-bond acceptors (Lipinski definition) is 4. The largest absolute Gasteiger partial charge is 0.464 e. The first-order valence-electron chi connectivity index (χ1n) is 13.3. The summed E-state index contributed by atoms with van der Waals surface area (Å²) in [7, 11) is 0. The summed E-state index contributed by atoms with van der Waals surface area (Å²) in [5.74, 6) is -0.0710. The van der Waals surface area contributed by atoms with Gasteiger partial charge in [-0.3, -0.25) is 0 Å². The molecule has 0 aromatic heterocycles. The van der Waals surface area contributed by atoms with Crippen molar-refractivity contribution in [1.82, 2.24) is 4.90 Å². The van der Waals surface area contributed by atoms with Crippen molar-refractivity contribution in [2.45, 2.75) is 83.8 Å². The van der Waals surface area contributed by atoms with Gasteiger partial charge >= 0.3 is 5.97 Å². The number of carbonyl (C=O) groups excluding carboxylic acids is 1. The third kappa shape index (κ3) is 4.62. The summed E-state index contributed by atoms with van der Waals surface area (Å²) in [5.41, 5.74) is 6.08. The van der Waals surface area contributed by atoms with Crippen molar-refractivity contribution >= 4 is 11.7 Å². The van der Waals surface area contributed by atoms with Crippen molar-refractivity contribution in [3.63, 3.8) is 0 Å². The smallest absolute Gasteiger partial charge is 0.329 e. The number of benzene rings is 2. The van der Waals surface area contributed by atoms with E-state index in [1.54, 1.807) is 11.1 Å². The molecule has 1 aliphatic carbocycles. The van der Waals surface area contributed by atoms with Gasteiger partial charge in [0.05, 0.1) is 6.61 Å². The molecule has 2 unspecified atom stereocenters. The zero-order valence-corrected chi connectivity index (χ0v) is 21.1. The van der Waals surface area contributed by atoms with Gasteiger partial charge in [0.1, 0.15) is 6.04 Å². The number of para-hydroxylation sites is 1. The molecule has 2 aromatic rings. The van der Waals surface area contributed by atoms with Crippen LogP contribution in [0.3, 0.4) is 0 Å². The van der Waals surface area contributed by atoms with E-state index in [1.165, 1.54) is 50.0 Å². The van der Waals surface area contributed by atoms with Crippen LogP contribution in [0.4, 0.5) is 5.69 Å². The van der Waals surface area contributed by atoms with Gasteiger partial charge in [0, 0.05) is 24.2 Å². The standard InChI is InChI=1S/C30H40N2O2/c1-22(2)32-27-13-7-6-10-24(27)19-28(32)29(33)34-18-8-9-23(3)31-16-14-30(15-17-31)20-25-11-4-5-12-26(25)21-30/h4-7,10-13,22-23,28H,8-9,14-21H2,1-3H3. The van der Waals surface area contributed by atoms with Crippen LogP contribution >= 0.6 is 0 Å². The quantitative estimate of drug-likeness (QED) is 0.408. The highest BCUT2D eigenvalue weighted by atomic mass is 16.5. The predicted octanol–water partition coefficient (Wildman–Crippen LogP) is 5.42. The molecule has 0 bridgehead atoms. The topological polar surface area (TPSA) is 32.8 Å². The normalized spacial score (nSPS) is 22.1. The van der Waals surface area contributed by atoms with E-state index >= 15 is 0 Å². The fraction of sp³-hybridized carbons (Fsp3) is 0.567. The first-order valence-corrected chi connectivity index (χ1v) is 13.3. The van der Waals surface area contributed by atoms with E-state index in [9.17, 15) is 4.79 Å². The fourth-order valence-electron chi connectivity index (χ4n) is 6.64. The maximum atomic E-state index is 12.9. The molecule has 3 aliphatic rings. The molecule has 34 heavy (non-hydrogen) atoms. The van der Waals surface area contributed by atoms with Crippen molar-refractivity contribution < 1.29 is 9.53 Å². The van der Waals surface area contributed by atoms with Crippen LogP contribution in [0.2, 0.25) is 0 Å². The number of likely N-dealkylation sites (tertiary alicyclic amines) is 1. The number of anilines is 1. The highest BCUT2D eigenvalue weighted by molar-refractivity contribution is 5.84. The van der Waals surface area contributed by atoms with Gasteiger partial charge in [0.25, 0.3) is 0 Å². The summed E-state index contributed by atoms with van der Waals surface area (Å²) >= 11 is 0. The second-order valence-electron chi connectivity index (χ2n) is 11.2. The zero-order chi connectivity index (χ0) is 23.7. The minimum atomic E-state index is -0.191. The fourth-order valence-corrected chi connectivity index (χ4v) is 6.64. The Morgan fingerprint density at radius 3 is 2.24 bits per heavy atom. The summed E-state index contributed by atoms with van der Waals surface area (Å²) in [6, 6.07) is 18.0. The van der Waals surface area contributed by atoms with Crippen LogP contribution in [0.5, 0.6) is 0 Å². The third-order valence-electron chi connectivity index (χ3n) is 8.59. The SMILES string of the molecule is CC(CCCOC(=O)C1Cc2ccccc2N1C(C)C)N1CCC2(CC1)Cc1ccccc1C2. The molecule has 1 fully saturated rings. The number of piperidine rings is 1. The summed E-state index contributed by atoms with van der Waals surface area (Å²) in [5, 5.41) is 0. The number of carbonyl (C=O) groups is 1. The molecule has 2 aromatic carbocycles. The van der Waals surface area contributed by atoms with Crippen molar-refractivity contribution in [3.8, 4) is 0 Å². The summed E-state index contributed by atoms with van der Waals surface area (Å²) in [4.78, 5) is 17.8. The number of hydrogen-bond donors (Lipinski definition) is 0. The average Bonchev–Trinajstić information content (AvgIpc) is 3.40. The highest BCUT2D eigenvalue weighted by Crippen LogP contribution is 2.45. The first-order chi connectivity index (χ1) is 16.5. The van der Waals surface area contributed by atoms with Gasteiger partial charge in [-0.15, -0.1) is 0 Å². The van der Waals surface area contributed by atoms with Crippen LogP contribution in [0.25, 0.3) is 0 Å². The Labute approximate surface area is 205 Å². The van der Waals surface area contributed by atoms with E-state index in [0.717, 1.165) is 19.3 Å². The third-order valence-corrected chi connectivity index (χ3v) is 8.59. The molecule has 182 valence electrons. The Morgan fingerprint density at radius 1 is 0.971 bits per heavy atom. The van der Waals surface area contributed by atoms with E-state index in [0.29, 0.717) is 18.1 Å². The Balaban J connectivity index is 1.05. The first kappa shape index (κ1) is 23.4. The number of rotatable bonds is 7. The lowest BCUT2D eigenvalue weighted by Gasteiger charge is -2.42. The van der Waals surface area contributed by atoms with Crippen LogP contribution in [0.1, 0.15) is 63.1 Å². The molecule has 1 saturated heterocycles. The van der Waals surface area contributed by atoms with E-state index in [-0.39, 0.29) is 18.1 Å². The van der Waals surface area contributed by atoms with Gasteiger partial charge in [-0.1, -0.05) is 42.5 Å². The molecule has 1 spiro atoms. The molecule has 0 amide bonds. The van der Waals surface area contributed by atoms with Gasteiger partial charge in [0.2, 0.25) is 0 Å². The monoisotopic (exact) mass is 460 g/mol. The molecule has 0 N–H and O–H groups in total. The maximum Gasteiger partial charge on any atom is 0.329 e. The maximum absolute atomic E-state index is 12.9. The Bertz CT molecular complexity index is 981. The summed E-state index contributed by atoms with van der Waals surface area (Å²) in [6.45, 7) is 9.55. The molecular formula is C30H40N2O2. The molecular weight excluding hydrogens is 420 g/mol. The number of nitrogens with zero attached hydrogens (tertiary/aromatic N) is 2. The van der Waals surface area contributed by atoms with Crippen LogP contribution < -0.4 is 4.90 Å². The molecule has 5 rings (SSSR count). The van der Waals surface area contributed by atoms with Crippen LogP contribution in [0, 0.1) is 5.41 Å². The van der Waals surface area contributed by atoms with Gasteiger partial charge in [0.15, 0.2) is 0 Å². The van der Waals surface area contributed by atoms with E-state index in [4.69, 9.17) is 4.74 Å². The lowest BCUT2D eigenvalue weighted by Crippen LogP contribution is -2.45. The van der Waals surface area contributed by atoms with Gasteiger partial charge < -0.3 is 14.5 Å². The van der Waals surface area contributed by atoms with Crippen LogP contribution in [-0.2, 0) is 28.8 Å². The number of esters is 1. The average molecular weight is 461 g/mol. The number of fused-ring (bicyclic) bond motifs is 2. The van der Waals surface area contributed by atoms with E-state index in [2.05, 4.69) is 79.1 Å². The van der Waals surface area contributed by atoms with Crippen molar-refractivity contribution in [3.05, 3.63) is 65.2 Å². The van der Waals surface area contributed by atoms with Gasteiger partial charge in [-0.25, -0.2) is 4.79 Å². The second kappa shape index (κ2) is 9.73. The van der Waals surface area contributed by atoms with Crippen LogP contribution in [-0.4, -0.2) is 48.7 Å². The van der Waals surface area contributed by atoms with Crippen LogP contribution in [0.15, 0.2) is 48.5 Å². The summed E-state index contributed by atoms with van der Waals surface area (Å²) in [6.07, 6.45) is 7.89. The Hall–Kier alpha value is -2.33. The lowest BCUT2D eigenvalue weighted by molar-refractivity contribution is -0.145. The minimum Gasteiger partial charge on any atom is -0.464 e. The van der Waals surface area contributed by atoms with E-state index in [1.807, 2.05) is 0 Å². The molecule has 0 radical (unpaired) electrons. The minimum absolute atomic E-state index is 0.0710. The zero-order valence-electron chi connectivity index (χ0n) is 21.1. The summed E-state index contributed by atoms with van der Waals surface area (Å²) < 4.78 is 5.79. The predicted molar refractivity (Wildman–Crippen MR) is 138 cm³/mol. The second-order valence-corrected chi connectivity index (χ2v) is 11.2. The molecule has 4 heteroatoms. The number of ether oxygens (including phenoxy) is 1. The Kier molecular flexibility index (Phi) is 6.70. The molecule has 2 atom stereocenters. The van der Waals surface area contributed by atoms with Crippen molar-refractivity contribution in [1.29, 1.82) is 0 Å². The molecule has 4 nitrogen and oxygen atoms in total. The highest BCUT2D eigenvalue weighted by Gasteiger charge is 2.40. The molecule has 0 saturated carbocycles. The lowest BCUT2D eigenvalue weighted by atomic mass is 9.75. The molecule has 2 aliphatic heterocycles. The van der Waals surface area contributed by atoms with Gasteiger partial charge in [-0.05, 0) is 101 Å².